The number of benzene rings is 1. The molecule has 10 heteroatoms. The number of hydrogen-bond acceptors (Lipinski definition) is 8. The molecule has 1 aromatic carbocycles. The van der Waals surface area contributed by atoms with E-state index in [4.69, 9.17) is 5.11 Å². The van der Waals surface area contributed by atoms with Crippen LogP contribution in [0, 0.1) is 5.92 Å². The minimum atomic E-state index is -1.45. The number of aliphatic hydroxyl groups is 3. The van der Waals surface area contributed by atoms with Crippen LogP contribution < -0.4 is 9.79 Å². The highest BCUT2D eigenvalue weighted by atomic mass is 32.2. The monoisotopic (exact) mass is 495 g/mol. The summed E-state index contributed by atoms with van der Waals surface area (Å²) in [5.41, 5.74) is 1.78. The maximum Gasteiger partial charge on any atom is 0.184 e. The Morgan fingerprint density at radius 2 is 1.82 bits per heavy atom. The fourth-order valence-corrected chi connectivity index (χ4v) is 6.68. The van der Waals surface area contributed by atoms with E-state index in [2.05, 4.69) is 10.3 Å². The quantitative estimate of drug-likeness (QED) is 0.238. The lowest BCUT2D eigenvalue weighted by Crippen LogP contribution is -2.35. The number of thiazole rings is 1. The van der Waals surface area contributed by atoms with Crippen molar-refractivity contribution in [1.29, 1.82) is 0 Å². The molecule has 2 fully saturated rings. The Morgan fingerprint density at radius 3 is 2.42 bits per heavy atom. The van der Waals surface area contributed by atoms with Gasteiger partial charge in [0.15, 0.2) is 5.13 Å². The van der Waals surface area contributed by atoms with E-state index in [1.165, 1.54) is 24.2 Å². The summed E-state index contributed by atoms with van der Waals surface area (Å²) in [6.07, 6.45) is 6.40. The molecule has 2 aliphatic rings. The van der Waals surface area contributed by atoms with Crippen LogP contribution in [-0.4, -0.2) is 47.8 Å². The summed E-state index contributed by atoms with van der Waals surface area (Å²) < 4.78 is 13.3. The molecule has 182 valence electrons. The molecule has 0 amide bonds. The van der Waals surface area contributed by atoms with E-state index in [0.717, 1.165) is 48.6 Å². The third kappa shape index (κ3) is 5.93. The molecular weight excluding hydrogens is 462 g/mol. The average molecular weight is 496 g/mol. The zero-order chi connectivity index (χ0) is 23.4. The zero-order valence-electron chi connectivity index (χ0n) is 18.5. The Hall–Kier alpha value is -1.56. The van der Waals surface area contributed by atoms with Gasteiger partial charge in [-0.2, -0.15) is 4.47 Å². The molecule has 4 rings (SSSR count). The van der Waals surface area contributed by atoms with E-state index in [0.29, 0.717) is 22.4 Å². The second kappa shape index (κ2) is 11.2. The number of rotatable bonds is 11. The van der Waals surface area contributed by atoms with Crippen molar-refractivity contribution in [3.63, 3.8) is 0 Å². The molecule has 2 saturated carbocycles. The lowest BCUT2D eigenvalue weighted by atomic mass is 9.86. The molecule has 5 N–H and O–H groups in total. The molecular formula is C23H33N3O5S2. The first-order chi connectivity index (χ1) is 16.0. The van der Waals surface area contributed by atoms with Crippen molar-refractivity contribution in [2.45, 2.75) is 74.9 Å². The van der Waals surface area contributed by atoms with Crippen LogP contribution in [0.2, 0.25) is 0 Å². The third-order valence-corrected chi connectivity index (χ3v) is 9.19. The lowest BCUT2D eigenvalue weighted by molar-refractivity contribution is 0.0927. The molecule has 0 aliphatic heterocycles. The largest absolute Gasteiger partial charge is 0.393 e. The number of anilines is 2. The van der Waals surface area contributed by atoms with E-state index >= 15 is 0 Å². The summed E-state index contributed by atoms with van der Waals surface area (Å²) in [5, 5.41) is 45.6. The van der Waals surface area contributed by atoms with Crippen molar-refractivity contribution < 1.29 is 24.7 Å². The van der Waals surface area contributed by atoms with Gasteiger partial charge < -0.3 is 20.6 Å². The van der Waals surface area contributed by atoms with Crippen molar-refractivity contribution in [1.82, 2.24) is 4.98 Å². The highest BCUT2D eigenvalue weighted by Gasteiger charge is 2.30. The van der Waals surface area contributed by atoms with Gasteiger partial charge in [-0.1, -0.05) is 44.2 Å². The van der Waals surface area contributed by atoms with Crippen LogP contribution in [0.5, 0.6) is 0 Å². The van der Waals surface area contributed by atoms with E-state index in [-0.39, 0.29) is 11.2 Å². The fourth-order valence-electron chi connectivity index (χ4n) is 4.55. The van der Waals surface area contributed by atoms with Crippen molar-refractivity contribution in [2.24, 2.45) is 5.92 Å². The first-order valence-electron chi connectivity index (χ1n) is 11.6. The van der Waals surface area contributed by atoms with Crippen LogP contribution >= 0.6 is 11.3 Å². The molecule has 4 atom stereocenters. The number of nitrogens with zero attached hydrogens (tertiary/aromatic N) is 2. The molecule has 0 spiro atoms. The van der Waals surface area contributed by atoms with Gasteiger partial charge in [0.25, 0.3) is 0 Å². The normalized spacial score (nSPS) is 20.7. The Kier molecular flexibility index (Phi) is 8.37. The second-order valence-corrected chi connectivity index (χ2v) is 11.5. The van der Waals surface area contributed by atoms with Gasteiger partial charge in [0.05, 0.1) is 23.2 Å². The minimum Gasteiger partial charge on any atom is -0.393 e. The highest BCUT2D eigenvalue weighted by Crippen LogP contribution is 2.37. The van der Waals surface area contributed by atoms with Gasteiger partial charge in [0.1, 0.15) is 23.3 Å². The van der Waals surface area contributed by atoms with Gasteiger partial charge in [-0.15, -0.1) is 11.3 Å². The van der Waals surface area contributed by atoms with Gasteiger partial charge in [0, 0.05) is 11.3 Å². The smallest absolute Gasteiger partial charge is 0.184 e. The predicted molar refractivity (Wildman–Crippen MR) is 130 cm³/mol. The van der Waals surface area contributed by atoms with Crippen molar-refractivity contribution in [2.75, 3.05) is 16.4 Å². The maximum absolute atomic E-state index is 12.5. The van der Waals surface area contributed by atoms with Gasteiger partial charge >= 0.3 is 0 Å². The van der Waals surface area contributed by atoms with Crippen LogP contribution in [0.15, 0.2) is 29.6 Å². The van der Waals surface area contributed by atoms with Crippen LogP contribution in [0.3, 0.4) is 0 Å². The predicted octanol–water partition coefficient (Wildman–Crippen LogP) is 3.68. The van der Waals surface area contributed by atoms with E-state index < -0.39 is 29.9 Å². The standard InChI is InChI=1S/C23H33N3O5S2/c27-13-21(28)20-14-32-23(24-20)25-22(29)19(12-15-4-1-2-5-15)16-8-10-17(11-9-16)26(30)33(31)18-6-3-7-18/h8-11,14-15,18-19,21-22,27-30H,1-7,12-13H2,(H,24,25)/t19-,21?,22?,33?/m1/s1. The molecule has 33 heavy (non-hydrogen) atoms. The number of aromatic nitrogens is 1. The van der Waals surface area contributed by atoms with E-state index in [1.54, 1.807) is 17.5 Å². The second-order valence-electron chi connectivity index (χ2n) is 9.05. The first-order valence-corrected chi connectivity index (χ1v) is 13.7. The SMILES string of the molecule is O=S(C1CCC1)N(O)c1ccc([C@@H](CC2CCCC2)C(O)Nc2nc(C(O)CO)cs2)cc1. The Balaban J connectivity index is 1.48. The molecule has 0 bridgehead atoms. The topological polar surface area (TPSA) is 126 Å². The molecule has 0 saturated heterocycles. The van der Waals surface area contributed by atoms with Gasteiger partial charge in [0.2, 0.25) is 0 Å². The van der Waals surface area contributed by atoms with Crippen LogP contribution in [0.1, 0.15) is 74.6 Å². The summed E-state index contributed by atoms with van der Waals surface area (Å²) in [5.74, 6) is 0.344. The highest BCUT2D eigenvalue weighted by molar-refractivity contribution is 7.86. The minimum absolute atomic E-state index is 0.0170. The van der Waals surface area contributed by atoms with Crippen LogP contribution in [0.4, 0.5) is 10.8 Å². The third-order valence-electron chi connectivity index (χ3n) is 6.80. The molecule has 1 heterocycles. The molecule has 2 aliphatic carbocycles. The first kappa shape index (κ1) is 24.6. The fraction of sp³-hybridized carbons (Fsp3) is 0.609. The van der Waals surface area contributed by atoms with E-state index in [1.807, 2.05) is 12.1 Å². The lowest BCUT2D eigenvalue weighted by Gasteiger charge is -2.29. The van der Waals surface area contributed by atoms with Gasteiger partial charge in [-0.25, -0.2) is 9.19 Å². The number of hydrogen-bond donors (Lipinski definition) is 5. The average Bonchev–Trinajstić information content (AvgIpc) is 3.47. The summed E-state index contributed by atoms with van der Waals surface area (Å²) in [6, 6.07) is 7.26. The molecule has 8 nitrogen and oxygen atoms in total. The Labute approximate surface area is 200 Å². The van der Waals surface area contributed by atoms with Crippen LogP contribution in [0.25, 0.3) is 0 Å². The van der Waals surface area contributed by atoms with Crippen molar-refractivity contribution in [3.05, 3.63) is 40.9 Å². The summed E-state index contributed by atoms with van der Waals surface area (Å²) in [6.45, 7) is -0.407. The molecule has 2 aromatic rings. The number of nitrogens with one attached hydrogen (secondary N) is 1. The van der Waals surface area contributed by atoms with Crippen molar-refractivity contribution in [3.8, 4) is 0 Å². The van der Waals surface area contributed by atoms with Gasteiger partial charge in [-0.3, -0.25) is 5.21 Å². The van der Waals surface area contributed by atoms with E-state index in [9.17, 15) is 19.6 Å². The van der Waals surface area contributed by atoms with Crippen LogP contribution in [-0.2, 0) is 11.0 Å². The number of aliphatic hydroxyl groups excluding tert-OH is 3. The summed E-state index contributed by atoms with van der Waals surface area (Å²) >= 11 is 1.27. The Bertz CT molecular complexity index is 915. The summed E-state index contributed by atoms with van der Waals surface area (Å²) in [7, 11) is -1.45. The Morgan fingerprint density at radius 1 is 1.12 bits per heavy atom. The van der Waals surface area contributed by atoms with Crippen molar-refractivity contribution >= 4 is 33.1 Å². The van der Waals surface area contributed by atoms with Gasteiger partial charge in [-0.05, 0) is 42.9 Å². The summed E-state index contributed by atoms with van der Waals surface area (Å²) in [4.78, 5) is 4.28. The zero-order valence-corrected chi connectivity index (χ0v) is 20.2. The molecule has 0 radical (unpaired) electrons. The molecule has 3 unspecified atom stereocenters. The molecule has 1 aromatic heterocycles. The maximum atomic E-state index is 12.5.